The fraction of sp³-hybridized carbons (Fsp3) is 0.143. The lowest BCUT2D eigenvalue weighted by Crippen LogP contribution is -2.05. The van der Waals surface area contributed by atoms with Crippen molar-refractivity contribution in [3.05, 3.63) is 64.4 Å². The highest BCUT2D eigenvalue weighted by Gasteiger charge is 2.17. The fourth-order valence-electron chi connectivity index (χ4n) is 1.72. The van der Waals surface area contributed by atoms with Crippen LogP contribution < -0.4 is 0 Å². The third kappa shape index (κ3) is 3.33. The summed E-state index contributed by atoms with van der Waals surface area (Å²) in [6, 6.07) is 10.1. The first-order valence-corrected chi connectivity index (χ1v) is 7.65. The first-order chi connectivity index (χ1) is 8.88. The van der Waals surface area contributed by atoms with Gasteiger partial charge in [-0.15, -0.1) is 0 Å². The molecule has 0 aromatic heterocycles. The SMILES string of the molecule is Cc1ccc(CS(=O)(=O)c2cccc(F)c2)c(Cl)c1. The second-order valence-electron chi connectivity index (χ2n) is 4.31. The van der Waals surface area contributed by atoms with Crippen LogP contribution in [-0.4, -0.2) is 8.42 Å². The van der Waals surface area contributed by atoms with Crippen molar-refractivity contribution in [1.82, 2.24) is 0 Å². The minimum atomic E-state index is -3.60. The molecule has 19 heavy (non-hydrogen) atoms. The molecule has 2 aromatic carbocycles. The van der Waals surface area contributed by atoms with Gasteiger partial charge in [-0.3, -0.25) is 0 Å². The fourth-order valence-corrected chi connectivity index (χ4v) is 3.50. The van der Waals surface area contributed by atoms with Gasteiger partial charge in [0.05, 0.1) is 10.6 Å². The summed E-state index contributed by atoms with van der Waals surface area (Å²) in [5.74, 6) is -0.814. The monoisotopic (exact) mass is 298 g/mol. The Hall–Kier alpha value is -1.39. The summed E-state index contributed by atoms with van der Waals surface area (Å²) < 4.78 is 37.4. The molecule has 0 unspecified atom stereocenters. The molecule has 0 atom stereocenters. The molecule has 2 rings (SSSR count). The minimum Gasteiger partial charge on any atom is -0.223 e. The highest BCUT2D eigenvalue weighted by atomic mass is 35.5. The largest absolute Gasteiger partial charge is 0.223 e. The van der Waals surface area contributed by atoms with Crippen LogP contribution >= 0.6 is 11.6 Å². The molecule has 0 radical (unpaired) electrons. The summed E-state index contributed by atoms with van der Waals surface area (Å²) in [4.78, 5) is -0.0378. The van der Waals surface area contributed by atoms with E-state index in [4.69, 9.17) is 11.6 Å². The molecule has 0 bridgehead atoms. The predicted molar refractivity (Wildman–Crippen MR) is 73.5 cm³/mol. The summed E-state index contributed by atoms with van der Waals surface area (Å²) in [6.45, 7) is 1.87. The van der Waals surface area contributed by atoms with E-state index < -0.39 is 15.7 Å². The van der Waals surface area contributed by atoms with Gasteiger partial charge in [0.1, 0.15) is 5.82 Å². The molecule has 2 aromatic rings. The Balaban J connectivity index is 2.36. The van der Waals surface area contributed by atoms with Crippen molar-refractivity contribution in [2.75, 3.05) is 0 Å². The number of hydrogen-bond donors (Lipinski definition) is 0. The van der Waals surface area contributed by atoms with Gasteiger partial charge in [-0.2, -0.15) is 0 Å². The smallest absolute Gasteiger partial charge is 0.182 e. The molecule has 0 saturated carbocycles. The molecule has 0 fully saturated rings. The molecule has 0 aliphatic heterocycles. The molecular weight excluding hydrogens is 287 g/mol. The van der Waals surface area contributed by atoms with Crippen LogP contribution in [0.2, 0.25) is 5.02 Å². The molecule has 5 heteroatoms. The second-order valence-corrected chi connectivity index (χ2v) is 6.71. The van der Waals surface area contributed by atoms with Crippen LogP contribution in [0, 0.1) is 12.7 Å². The lowest BCUT2D eigenvalue weighted by molar-refractivity contribution is 0.590. The number of sulfone groups is 1. The topological polar surface area (TPSA) is 34.1 Å². The molecule has 0 spiro atoms. The number of benzene rings is 2. The summed E-state index contributed by atoms with van der Waals surface area (Å²) >= 11 is 6.02. The van der Waals surface area contributed by atoms with E-state index in [-0.39, 0.29) is 10.6 Å². The third-order valence-corrected chi connectivity index (χ3v) is 4.72. The van der Waals surface area contributed by atoms with Gasteiger partial charge in [0.25, 0.3) is 0 Å². The van der Waals surface area contributed by atoms with Gasteiger partial charge in [-0.1, -0.05) is 29.8 Å². The van der Waals surface area contributed by atoms with Crippen LogP contribution in [0.4, 0.5) is 4.39 Å². The van der Waals surface area contributed by atoms with E-state index in [1.165, 1.54) is 18.2 Å². The first kappa shape index (κ1) is 14.0. The van der Waals surface area contributed by atoms with Gasteiger partial charge in [-0.05, 0) is 42.3 Å². The van der Waals surface area contributed by atoms with Gasteiger partial charge in [0.15, 0.2) is 9.84 Å². The maximum Gasteiger partial charge on any atom is 0.182 e. The van der Waals surface area contributed by atoms with E-state index in [1.54, 1.807) is 18.2 Å². The average molecular weight is 299 g/mol. The number of aryl methyl sites for hydroxylation is 1. The van der Waals surface area contributed by atoms with E-state index in [0.717, 1.165) is 11.6 Å². The lowest BCUT2D eigenvalue weighted by Gasteiger charge is -2.07. The summed E-state index contributed by atoms with van der Waals surface area (Å²) in [6.07, 6.45) is 0. The van der Waals surface area contributed by atoms with Crippen molar-refractivity contribution >= 4 is 21.4 Å². The van der Waals surface area contributed by atoms with Crippen LogP contribution in [0.5, 0.6) is 0 Å². The third-order valence-electron chi connectivity index (χ3n) is 2.71. The van der Waals surface area contributed by atoms with Gasteiger partial charge >= 0.3 is 0 Å². The van der Waals surface area contributed by atoms with Gasteiger partial charge in [-0.25, -0.2) is 12.8 Å². The van der Waals surface area contributed by atoms with E-state index in [1.807, 2.05) is 6.92 Å². The predicted octanol–water partition coefficient (Wildman–Crippen LogP) is 3.76. The zero-order valence-corrected chi connectivity index (χ0v) is 11.8. The zero-order chi connectivity index (χ0) is 14.0. The van der Waals surface area contributed by atoms with E-state index in [9.17, 15) is 12.8 Å². The van der Waals surface area contributed by atoms with Crippen LogP contribution in [0.3, 0.4) is 0 Å². The maximum atomic E-state index is 13.1. The van der Waals surface area contributed by atoms with Crippen molar-refractivity contribution in [3.8, 4) is 0 Å². The Morgan fingerprint density at radius 3 is 2.53 bits per heavy atom. The Kier molecular flexibility index (Phi) is 3.92. The normalized spacial score (nSPS) is 11.5. The van der Waals surface area contributed by atoms with E-state index in [0.29, 0.717) is 10.6 Å². The van der Waals surface area contributed by atoms with Gasteiger partial charge in [0, 0.05) is 5.02 Å². The van der Waals surface area contributed by atoms with Gasteiger partial charge < -0.3 is 0 Å². The van der Waals surface area contributed by atoms with E-state index >= 15 is 0 Å². The zero-order valence-electron chi connectivity index (χ0n) is 10.2. The van der Waals surface area contributed by atoms with Crippen molar-refractivity contribution in [3.63, 3.8) is 0 Å². The number of halogens is 2. The molecule has 2 nitrogen and oxygen atoms in total. The highest BCUT2D eigenvalue weighted by molar-refractivity contribution is 7.90. The molecule has 0 N–H and O–H groups in total. The number of rotatable bonds is 3. The molecule has 0 heterocycles. The maximum absolute atomic E-state index is 13.1. The van der Waals surface area contributed by atoms with Crippen LogP contribution in [0.25, 0.3) is 0 Å². The lowest BCUT2D eigenvalue weighted by atomic mass is 10.2. The Labute approximate surface area is 116 Å². The molecule has 0 saturated heterocycles. The van der Waals surface area contributed by atoms with E-state index in [2.05, 4.69) is 0 Å². The Bertz CT molecular complexity index is 711. The Morgan fingerprint density at radius 1 is 1.16 bits per heavy atom. The highest BCUT2D eigenvalue weighted by Crippen LogP contribution is 2.23. The van der Waals surface area contributed by atoms with Gasteiger partial charge in [0.2, 0.25) is 0 Å². The van der Waals surface area contributed by atoms with Crippen molar-refractivity contribution in [1.29, 1.82) is 0 Å². The van der Waals surface area contributed by atoms with Crippen molar-refractivity contribution in [2.45, 2.75) is 17.6 Å². The van der Waals surface area contributed by atoms with Crippen molar-refractivity contribution in [2.24, 2.45) is 0 Å². The minimum absolute atomic E-state index is 0.0378. The van der Waals surface area contributed by atoms with Crippen LogP contribution in [0.15, 0.2) is 47.4 Å². The van der Waals surface area contributed by atoms with Crippen molar-refractivity contribution < 1.29 is 12.8 Å². The Morgan fingerprint density at radius 2 is 1.89 bits per heavy atom. The molecule has 0 aliphatic rings. The standard InChI is InChI=1S/C14H12ClFO2S/c1-10-5-6-11(14(15)7-10)9-19(17,18)13-4-2-3-12(16)8-13/h2-8H,9H2,1H3. The molecule has 0 amide bonds. The molecule has 100 valence electrons. The summed E-state index contributed by atoms with van der Waals surface area (Å²) in [5, 5.41) is 0.403. The quantitative estimate of drug-likeness (QED) is 0.864. The first-order valence-electron chi connectivity index (χ1n) is 5.62. The second kappa shape index (κ2) is 5.31. The molecule has 0 aliphatic carbocycles. The molecular formula is C14H12ClFO2S. The number of hydrogen-bond acceptors (Lipinski definition) is 2. The summed E-state index contributed by atoms with van der Waals surface area (Å²) in [7, 11) is -3.60. The summed E-state index contributed by atoms with van der Waals surface area (Å²) in [5.41, 5.74) is 1.47. The van der Waals surface area contributed by atoms with Crippen LogP contribution in [0.1, 0.15) is 11.1 Å². The van der Waals surface area contributed by atoms with Crippen LogP contribution in [-0.2, 0) is 15.6 Å². The average Bonchev–Trinajstić information content (AvgIpc) is 2.33.